The van der Waals surface area contributed by atoms with Crippen LogP contribution in [-0.4, -0.2) is 39.4 Å². The summed E-state index contributed by atoms with van der Waals surface area (Å²) >= 11 is 1.29. The SMILES string of the molecule is COc1ccc(C(=O)NC(C)c2nnc(SCC(=O)Nc3c(C)cccc3C)n2C)cc1. The molecule has 1 aromatic heterocycles. The quantitative estimate of drug-likeness (QED) is 0.505. The predicted octanol–water partition coefficient (Wildman–Crippen LogP) is 3.66. The van der Waals surface area contributed by atoms with E-state index in [2.05, 4.69) is 20.8 Å². The number of aromatic nitrogens is 3. The van der Waals surface area contributed by atoms with E-state index in [0.717, 1.165) is 16.8 Å². The monoisotopic (exact) mass is 453 g/mol. The molecular weight excluding hydrogens is 426 g/mol. The smallest absolute Gasteiger partial charge is 0.251 e. The molecule has 2 aromatic carbocycles. The molecule has 0 fully saturated rings. The van der Waals surface area contributed by atoms with Crippen LogP contribution in [0.3, 0.4) is 0 Å². The van der Waals surface area contributed by atoms with Gasteiger partial charge in [-0.1, -0.05) is 30.0 Å². The maximum absolute atomic E-state index is 12.5. The fourth-order valence-electron chi connectivity index (χ4n) is 3.23. The molecule has 0 saturated heterocycles. The molecule has 168 valence electrons. The number of thioether (sulfide) groups is 1. The first kappa shape index (κ1) is 23.3. The number of amides is 2. The van der Waals surface area contributed by atoms with Crippen LogP contribution in [0.15, 0.2) is 47.6 Å². The van der Waals surface area contributed by atoms with Crippen LogP contribution >= 0.6 is 11.8 Å². The average Bonchev–Trinajstić information content (AvgIpc) is 3.15. The van der Waals surface area contributed by atoms with E-state index >= 15 is 0 Å². The third kappa shape index (κ3) is 5.47. The second-order valence-electron chi connectivity index (χ2n) is 7.43. The van der Waals surface area contributed by atoms with Crippen molar-refractivity contribution in [3.63, 3.8) is 0 Å². The summed E-state index contributed by atoms with van der Waals surface area (Å²) in [6.45, 7) is 5.77. The van der Waals surface area contributed by atoms with Crippen molar-refractivity contribution in [3.05, 3.63) is 65.0 Å². The minimum atomic E-state index is -0.361. The van der Waals surface area contributed by atoms with E-state index in [1.165, 1.54) is 11.8 Å². The minimum Gasteiger partial charge on any atom is -0.497 e. The zero-order valence-corrected chi connectivity index (χ0v) is 19.6. The first-order valence-corrected chi connectivity index (χ1v) is 11.1. The van der Waals surface area contributed by atoms with Crippen molar-refractivity contribution in [1.82, 2.24) is 20.1 Å². The van der Waals surface area contributed by atoms with Gasteiger partial charge in [0.1, 0.15) is 5.75 Å². The highest BCUT2D eigenvalue weighted by Crippen LogP contribution is 2.22. The van der Waals surface area contributed by atoms with Crippen molar-refractivity contribution in [2.24, 2.45) is 7.05 Å². The van der Waals surface area contributed by atoms with Gasteiger partial charge in [0, 0.05) is 18.3 Å². The van der Waals surface area contributed by atoms with E-state index in [9.17, 15) is 9.59 Å². The summed E-state index contributed by atoms with van der Waals surface area (Å²) in [5.74, 6) is 1.16. The lowest BCUT2D eigenvalue weighted by Crippen LogP contribution is -2.28. The van der Waals surface area contributed by atoms with Crippen LogP contribution in [0.2, 0.25) is 0 Å². The molecule has 1 unspecified atom stereocenters. The lowest BCUT2D eigenvalue weighted by Gasteiger charge is -2.14. The number of methoxy groups -OCH3 is 1. The highest BCUT2D eigenvalue weighted by molar-refractivity contribution is 7.99. The van der Waals surface area contributed by atoms with Crippen molar-refractivity contribution in [1.29, 1.82) is 0 Å². The van der Waals surface area contributed by atoms with Crippen LogP contribution < -0.4 is 15.4 Å². The van der Waals surface area contributed by atoms with Gasteiger partial charge in [0.25, 0.3) is 5.91 Å². The van der Waals surface area contributed by atoms with E-state index in [1.807, 2.05) is 46.0 Å². The molecule has 0 aliphatic carbocycles. The summed E-state index contributed by atoms with van der Waals surface area (Å²) in [6.07, 6.45) is 0. The standard InChI is InChI=1S/C23H27N5O3S/c1-14-7-6-8-15(2)20(14)25-19(29)13-32-23-27-26-21(28(23)4)16(3)24-22(30)17-9-11-18(31-5)12-10-17/h6-12,16H,13H2,1-5H3,(H,24,30)(H,25,29). The van der Waals surface area contributed by atoms with Crippen LogP contribution in [0.25, 0.3) is 0 Å². The molecule has 0 saturated carbocycles. The Hall–Kier alpha value is -3.33. The molecule has 0 radical (unpaired) electrons. The average molecular weight is 454 g/mol. The first-order valence-electron chi connectivity index (χ1n) is 10.1. The second-order valence-corrected chi connectivity index (χ2v) is 8.37. The van der Waals surface area contributed by atoms with Gasteiger partial charge in [-0.2, -0.15) is 0 Å². The zero-order chi connectivity index (χ0) is 23.3. The van der Waals surface area contributed by atoms with Gasteiger partial charge in [-0.3, -0.25) is 9.59 Å². The summed E-state index contributed by atoms with van der Waals surface area (Å²) in [5.41, 5.74) is 3.40. The Bertz CT molecular complexity index is 1090. The molecule has 0 aliphatic rings. The van der Waals surface area contributed by atoms with Crippen LogP contribution in [-0.2, 0) is 11.8 Å². The van der Waals surface area contributed by atoms with Gasteiger partial charge >= 0.3 is 0 Å². The van der Waals surface area contributed by atoms with E-state index in [1.54, 1.807) is 35.9 Å². The van der Waals surface area contributed by atoms with Gasteiger partial charge < -0.3 is 19.9 Å². The number of benzene rings is 2. The molecule has 32 heavy (non-hydrogen) atoms. The molecule has 3 rings (SSSR count). The molecule has 1 heterocycles. The van der Waals surface area contributed by atoms with Gasteiger partial charge in [0.2, 0.25) is 5.91 Å². The third-order valence-corrected chi connectivity index (χ3v) is 6.05. The number of carbonyl (C=O) groups excluding carboxylic acids is 2. The van der Waals surface area contributed by atoms with E-state index in [0.29, 0.717) is 22.3 Å². The number of hydrogen-bond acceptors (Lipinski definition) is 6. The van der Waals surface area contributed by atoms with Crippen LogP contribution in [0.5, 0.6) is 5.75 Å². The fraction of sp³-hybridized carbons (Fsp3) is 0.304. The van der Waals surface area contributed by atoms with Crippen molar-refractivity contribution in [2.45, 2.75) is 32.0 Å². The molecule has 2 amide bonds. The topological polar surface area (TPSA) is 98.1 Å². The number of anilines is 1. The van der Waals surface area contributed by atoms with E-state index in [-0.39, 0.29) is 23.6 Å². The number of rotatable bonds is 8. The summed E-state index contributed by atoms with van der Waals surface area (Å²) in [7, 11) is 3.39. The molecule has 2 N–H and O–H groups in total. The zero-order valence-electron chi connectivity index (χ0n) is 18.8. The molecule has 1 atom stereocenters. The van der Waals surface area contributed by atoms with Gasteiger partial charge in [0.05, 0.1) is 18.9 Å². The lowest BCUT2D eigenvalue weighted by atomic mass is 10.1. The molecule has 0 aliphatic heterocycles. The Morgan fingerprint density at radius 3 is 2.38 bits per heavy atom. The lowest BCUT2D eigenvalue weighted by molar-refractivity contribution is -0.113. The Labute approximate surface area is 191 Å². The minimum absolute atomic E-state index is 0.113. The van der Waals surface area contributed by atoms with Crippen LogP contribution in [0.1, 0.15) is 40.3 Å². The maximum atomic E-state index is 12.5. The number of nitrogens with one attached hydrogen (secondary N) is 2. The number of ether oxygens (including phenoxy) is 1. The molecular formula is C23H27N5O3S. The van der Waals surface area contributed by atoms with Gasteiger partial charge in [0.15, 0.2) is 11.0 Å². The number of aryl methyl sites for hydroxylation is 2. The van der Waals surface area contributed by atoms with Crippen molar-refractivity contribution in [3.8, 4) is 5.75 Å². The van der Waals surface area contributed by atoms with Crippen LogP contribution in [0, 0.1) is 13.8 Å². The number of para-hydroxylation sites is 1. The normalized spacial score (nSPS) is 11.7. The number of hydrogen-bond donors (Lipinski definition) is 2. The summed E-state index contributed by atoms with van der Waals surface area (Å²) in [4.78, 5) is 25.0. The molecule has 3 aromatic rings. The summed E-state index contributed by atoms with van der Waals surface area (Å²) in [6, 6.07) is 12.4. The summed E-state index contributed by atoms with van der Waals surface area (Å²) < 4.78 is 6.91. The Kier molecular flexibility index (Phi) is 7.53. The third-order valence-electron chi connectivity index (χ3n) is 5.03. The van der Waals surface area contributed by atoms with Crippen molar-refractivity contribution >= 4 is 29.3 Å². The number of nitrogens with zero attached hydrogens (tertiary/aromatic N) is 3. The molecule has 9 heteroatoms. The van der Waals surface area contributed by atoms with Crippen LogP contribution in [0.4, 0.5) is 5.69 Å². The van der Waals surface area contributed by atoms with Gasteiger partial charge in [-0.25, -0.2) is 0 Å². The number of carbonyl (C=O) groups is 2. The Morgan fingerprint density at radius 2 is 1.75 bits per heavy atom. The Balaban J connectivity index is 1.59. The van der Waals surface area contributed by atoms with E-state index < -0.39 is 0 Å². The highest BCUT2D eigenvalue weighted by Gasteiger charge is 2.19. The molecule has 0 spiro atoms. The Morgan fingerprint density at radius 1 is 1.09 bits per heavy atom. The second kappa shape index (κ2) is 10.3. The predicted molar refractivity (Wildman–Crippen MR) is 125 cm³/mol. The maximum Gasteiger partial charge on any atom is 0.251 e. The fourth-order valence-corrected chi connectivity index (χ4v) is 3.95. The van der Waals surface area contributed by atoms with Gasteiger partial charge in [-0.05, 0) is 56.2 Å². The van der Waals surface area contributed by atoms with E-state index in [4.69, 9.17) is 4.74 Å². The summed E-state index contributed by atoms with van der Waals surface area (Å²) in [5, 5.41) is 14.9. The largest absolute Gasteiger partial charge is 0.497 e. The molecule has 8 nitrogen and oxygen atoms in total. The van der Waals surface area contributed by atoms with Crippen molar-refractivity contribution in [2.75, 3.05) is 18.2 Å². The van der Waals surface area contributed by atoms with Crippen molar-refractivity contribution < 1.29 is 14.3 Å². The first-order chi connectivity index (χ1) is 15.3. The van der Waals surface area contributed by atoms with Gasteiger partial charge in [-0.15, -0.1) is 10.2 Å². The molecule has 0 bridgehead atoms. The highest BCUT2D eigenvalue weighted by atomic mass is 32.2.